The summed E-state index contributed by atoms with van der Waals surface area (Å²) < 4.78 is 65.1. The van der Waals surface area contributed by atoms with Crippen LogP contribution in [0.3, 0.4) is 0 Å². The van der Waals surface area contributed by atoms with Crippen LogP contribution >= 0.6 is 15.6 Å². The van der Waals surface area contributed by atoms with E-state index in [1.807, 2.05) is 0 Å². The van der Waals surface area contributed by atoms with Crippen LogP contribution in [-0.4, -0.2) is 128 Å². The molecule has 5 heterocycles. The number of aliphatic hydroxyl groups excluding tert-OH is 2. The molecule has 62 heavy (non-hydrogen) atoms. The Morgan fingerprint density at radius 3 is 2.32 bits per heavy atom. The smallest absolute Gasteiger partial charge is 0.455 e. The molecular formula is C34H43N9O17P2. The minimum Gasteiger partial charge on any atom is -0.455 e. The van der Waals surface area contributed by atoms with Crippen LogP contribution in [0.1, 0.15) is 30.9 Å². The average molecular weight is 912 g/mol. The van der Waals surface area contributed by atoms with Crippen molar-refractivity contribution in [3.63, 3.8) is 0 Å². The zero-order valence-electron chi connectivity index (χ0n) is 32.3. The van der Waals surface area contributed by atoms with Gasteiger partial charge in [0, 0.05) is 12.6 Å². The minimum atomic E-state index is -5.43. The summed E-state index contributed by atoms with van der Waals surface area (Å²) in [6.45, 7) is 1.24. The van der Waals surface area contributed by atoms with Crippen LogP contribution in [0.4, 0.5) is 11.6 Å². The number of hydrogen-bond donors (Lipinski definition) is 8. The van der Waals surface area contributed by atoms with Crippen molar-refractivity contribution in [2.24, 2.45) is 0 Å². The third-order valence-corrected chi connectivity index (χ3v) is 10.8. The van der Waals surface area contributed by atoms with Gasteiger partial charge >= 0.3 is 27.3 Å². The Hall–Kier alpha value is -5.05. The van der Waals surface area contributed by atoms with E-state index < -0.39 is 102 Å². The molecule has 0 spiro atoms. The van der Waals surface area contributed by atoms with E-state index in [0.29, 0.717) is 0 Å². The fraction of sp³-hybridized carbons (Fsp3) is 0.441. The second-order valence-electron chi connectivity index (χ2n) is 13.7. The molecule has 0 radical (unpaired) electrons. The molecule has 2 aliphatic rings. The van der Waals surface area contributed by atoms with E-state index >= 15 is 0 Å². The number of allylic oxidation sites excluding steroid dienone is 1. The first kappa shape index (κ1) is 46.5. The fourth-order valence-electron chi connectivity index (χ4n) is 6.39. The summed E-state index contributed by atoms with van der Waals surface area (Å²) in [7, 11) is -10.6. The molecule has 2 aliphatic heterocycles. The molecule has 10 N–H and O–H groups in total. The number of carbonyl (C=O) groups is 2. The van der Waals surface area contributed by atoms with Gasteiger partial charge in [-0.25, -0.2) is 33.7 Å². The van der Waals surface area contributed by atoms with Crippen LogP contribution in [0.25, 0.3) is 11.2 Å². The molecule has 1 unspecified atom stereocenters. The Balaban J connectivity index is 1.23. The van der Waals surface area contributed by atoms with E-state index in [9.17, 15) is 48.4 Å². The number of rotatable bonds is 20. The number of nitrogen functional groups attached to an aromatic ring is 2. The van der Waals surface area contributed by atoms with Crippen molar-refractivity contribution in [3.05, 3.63) is 84.0 Å². The molecule has 2 saturated heterocycles. The van der Waals surface area contributed by atoms with Crippen molar-refractivity contribution in [1.82, 2.24) is 34.4 Å². The van der Waals surface area contributed by atoms with Crippen molar-refractivity contribution in [1.29, 1.82) is 0 Å². The predicted molar refractivity (Wildman–Crippen MR) is 208 cm³/mol. The Bertz CT molecular complexity index is 2370. The van der Waals surface area contributed by atoms with E-state index in [1.54, 1.807) is 30.3 Å². The maximum Gasteiger partial charge on any atom is 0.472 e. The molecule has 1 amide bonds. The molecule has 4 aromatic rings. The van der Waals surface area contributed by atoms with E-state index in [0.717, 1.165) is 22.7 Å². The Labute approximate surface area is 350 Å². The number of anilines is 2. The first-order chi connectivity index (χ1) is 29.4. The third-order valence-electron chi connectivity index (χ3n) is 9.31. The minimum absolute atomic E-state index is 0.0182. The molecule has 0 saturated carbocycles. The van der Waals surface area contributed by atoms with Crippen molar-refractivity contribution in [2.45, 2.75) is 74.6 Å². The summed E-state index contributed by atoms with van der Waals surface area (Å²) in [4.78, 5) is 84.4. The number of carbonyl (C=O) groups excluding carboxylic acids is 2. The van der Waals surface area contributed by atoms with Gasteiger partial charge in [0.05, 0.1) is 32.8 Å². The number of nitrogens with zero attached hydrogens (tertiary/aromatic N) is 6. The number of phosphoric ester groups is 2. The molecule has 336 valence electrons. The van der Waals surface area contributed by atoms with Gasteiger partial charge in [-0.1, -0.05) is 36.4 Å². The Kier molecular flexibility index (Phi) is 15.0. The lowest BCUT2D eigenvalue weighted by Gasteiger charge is -2.26. The van der Waals surface area contributed by atoms with E-state index in [2.05, 4.69) is 36.4 Å². The molecule has 1 aromatic carbocycles. The molecule has 2 fully saturated rings. The summed E-state index contributed by atoms with van der Waals surface area (Å²) in [5.74, 6) is -1.87. The van der Waals surface area contributed by atoms with Crippen molar-refractivity contribution >= 4 is 50.3 Å². The van der Waals surface area contributed by atoms with E-state index in [4.69, 9.17) is 39.5 Å². The number of aliphatic hydroxyl groups is 2. The molecule has 3 aromatic heterocycles. The Morgan fingerprint density at radius 2 is 1.63 bits per heavy atom. The monoisotopic (exact) mass is 911 g/mol. The van der Waals surface area contributed by atoms with Gasteiger partial charge in [0.25, 0.3) is 0 Å². The van der Waals surface area contributed by atoms with Crippen molar-refractivity contribution < 1.29 is 76.1 Å². The highest BCUT2D eigenvalue weighted by Gasteiger charge is 2.52. The molecule has 10 atom stereocenters. The SMILES string of the molecule is C=CCCC(=O)N[C@@H](COCc1ccccc1)C(=O)O[C@H]1[C@@H](O)[C@H](n2cnc3c(N)ncnc32)O[C@@H]1COP(=O)(O)O[C@H]1[C@@H](O)[C@H](n2ccc(N)nc2=O)O[C@@H]1COP(=O)(O)O. The number of aromatic nitrogens is 6. The number of benzene rings is 1. The van der Waals surface area contributed by atoms with Crippen LogP contribution in [0, 0.1) is 0 Å². The van der Waals surface area contributed by atoms with E-state index in [1.165, 1.54) is 23.0 Å². The summed E-state index contributed by atoms with van der Waals surface area (Å²) in [5, 5.41) is 25.4. The average Bonchev–Trinajstić information content (AvgIpc) is 3.88. The second kappa shape index (κ2) is 20.0. The van der Waals surface area contributed by atoms with Crippen LogP contribution in [0.2, 0.25) is 0 Å². The molecule has 0 aliphatic carbocycles. The maximum absolute atomic E-state index is 13.8. The van der Waals surface area contributed by atoms with Gasteiger partial charge in [0.1, 0.15) is 48.2 Å². The topological polar surface area (TPSA) is 377 Å². The van der Waals surface area contributed by atoms with Gasteiger partial charge in [0.2, 0.25) is 5.91 Å². The van der Waals surface area contributed by atoms with Gasteiger partial charge in [-0.2, -0.15) is 4.98 Å². The van der Waals surface area contributed by atoms with Gasteiger partial charge in [-0.05, 0) is 18.1 Å². The summed E-state index contributed by atoms with van der Waals surface area (Å²) in [6.07, 6.45) is -8.81. The molecular weight excluding hydrogens is 868 g/mol. The van der Waals surface area contributed by atoms with Gasteiger partial charge < -0.3 is 60.6 Å². The lowest BCUT2D eigenvalue weighted by Crippen LogP contribution is -2.48. The normalized spacial score (nSPS) is 25.3. The highest BCUT2D eigenvalue weighted by Crippen LogP contribution is 2.50. The molecule has 6 rings (SSSR count). The first-order valence-corrected chi connectivity index (χ1v) is 21.5. The van der Waals surface area contributed by atoms with E-state index in [-0.39, 0.29) is 48.9 Å². The van der Waals surface area contributed by atoms with Gasteiger partial charge in [-0.3, -0.25) is 27.5 Å². The number of nitrogens with one attached hydrogen (secondary N) is 1. The summed E-state index contributed by atoms with van der Waals surface area (Å²) in [5.41, 5.74) is 11.4. The second-order valence-corrected chi connectivity index (χ2v) is 16.4. The van der Waals surface area contributed by atoms with Crippen molar-refractivity contribution in [3.8, 4) is 0 Å². The molecule has 28 heteroatoms. The van der Waals surface area contributed by atoms with Crippen LogP contribution in [-0.2, 0) is 57.8 Å². The zero-order chi connectivity index (χ0) is 44.8. The quantitative estimate of drug-likeness (QED) is 0.0298. The number of hydrogen-bond acceptors (Lipinski definition) is 20. The molecule has 0 bridgehead atoms. The Morgan fingerprint density at radius 1 is 0.952 bits per heavy atom. The van der Waals surface area contributed by atoms with Crippen molar-refractivity contribution in [2.75, 3.05) is 31.3 Å². The number of amides is 1. The van der Waals surface area contributed by atoms with Crippen LogP contribution in [0.15, 0.2) is 72.7 Å². The lowest BCUT2D eigenvalue weighted by molar-refractivity contribution is -0.162. The summed E-state index contributed by atoms with van der Waals surface area (Å²) in [6, 6.07) is 8.66. The lowest BCUT2D eigenvalue weighted by atomic mass is 10.1. The highest BCUT2D eigenvalue weighted by molar-refractivity contribution is 7.47. The van der Waals surface area contributed by atoms with Gasteiger partial charge in [0.15, 0.2) is 36.1 Å². The molecule has 26 nitrogen and oxygen atoms in total. The number of fused-ring (bicyclic) bond motifs is 1. The number of phosphoric acid groups is 2. The summed E-state index contributed by atoms with van der Waals surface area (Å²) >= 11 is 0. The van der Waals surface area contributed by atoms with Gasteiger partial charge in [-0.15, -0.1) is 6.58 Å². The number of esters is 1. The zero-order valence-corrected chi connectivity index (χ0v) is 34.1. The fourth-order valence-corrected chi connectivity index (χ4v) is 7.70. The number of ether oxygens (including phenoxy) is 4. The largest absolute Gasteiger partial charge is 0.472 e. The number of nitrogens with two attached hydrogens (primary N) is 2. The number of imidazole rings is 1. The highest BCUT2D eigenvalue weighted by atomic mass is 31.2. The third kappa shape index (κ3) is 11.5. The standard InChI is InChI=1S/C34H43N9O17P2/c1-2-3-9-23(44)40-19(13-54-12-18-7-5-4-6-8-18)33(47)59-27-20(57-32(25(27)45)43-17-39-24-29(36)37-16-38-30(24)43)15-56-62(52,53)60-28-21(14-55-61(49,50)51)58-31(26(28)46)42-11-10-22(35)41-34(42)48/h2,4-8,10-11,16-17,19-21,25-28,31-32,45-46H,1,3,9,12-15H2,(H,40,44)(H,52,53)(H2,35,41,48)(H2,36,37,38)(H2,49,50,51)/t19-,20+,21+,25+,26+,27+,28+,31+,32+/m0/s1. The maximum atomic E-state index is 13.8. The first-order valence-electron chi connectivity index (χ1n) is 18.5. The van der Waals surface area contributed by atoms with Crippen LogP contribution < -0.4 is 22.5 Å². The predicted octanol–water partition coefficient (Wildman–Crippen LogP) is -1.04. The van der Waals surface area contributed by atoms with Crippen LogP contribution in [0.5, 0.6) is 0 Å².